The predicted molar refractivity (Wildman–Crippen MR) is 95.4 cm³/mol. The third-order valence-corrected chi connectivity index (χ3v) is 3.75. The van der Waals surface area contributed by atoms with Gasteiger partial charge in [-0.1, -0.05) is 42.5 Å². The molecule has 2 aromatic carbocycles. The molecule has 1 heterocycles. The number of hydrogen-bond acceptors (Lipinski definition) is 3. The number of pyridine rings is 1. The van der Waals surface area contributed by atoms with E-state index in [-0.39, 0.29) is 11.4 Å². The Bertz CT molecular complexity index is 915. The lowest BCUT2D eigenvalue weighted by atomic mass is 10.1. The zero-order valence-electron chi connectivity index (χ0n) is 13.9. The van der Waals surface area contributed by atoms with Crippen molar-refractivity contribution in [2.45, 2.75) is 13.5 Å². The van der Waals surface area contributed by atoms with Gasteiger partial charge in [0.2, 0.25) is 0 Å². The number of anilines is 1. The van der Waals surface area contributed by atoms with E-state index in [1.54, 1.807) is 31.2 Å². The number of hydrogen-bond donors (Lipinski definition) is 1. The minimum absolute atomic E-state index is 0.0950. The lowest BCUT2D eigenvalue weighted by Crippen LogP contribution is -2.15. The molecule has 6 heteroatoms. The van der Waals surface area contributed by atoms with Crippen LogP contribution in [0.4, 0.5) is 14.5 Å². The quantitative estimate of drug-likeness (QED) is 0.708. The van der Waals surface area contributed by atoms with Crippen LogP contribution in [0.5, 0.6) is 5.75 Å². The SMILES string of the molecule is Cc1nc(-c2ccccc2)ccc1C(=O)Nc1ccccc1OC(F)F. The zero-order valence-corrected chi connectivity index (χ0v) is 13.9. The molecule has 0 saturated heterocycles. The van der Waals surface area contributed by atoms with Crippen LogP contribution in [0.2, 0.25) is 0 Å². The number of nitrogens with zero attached hydrogens (tertiary/aromatic N) is 1. The molecule has 1 N–H and O–H groups in total. The Morgan fingerprint density at radius 3 is 2.38 bits per heavy atom. The molecule has 0 bridgehead atoms. The second-order valence-corrected chi connectivity index (χ2v) is 5.52. The molecule has 0 radical (unpaired) electrons. The van der Waals surface area contributed by atoms with Gasteiger partial charge in [0.15, 0.2) is 0 Å². The number of carbonyl (C=O) groups excluding carboxylic acids is 1. The fourth-order valence-electron chi connectivity index (χ4n) is 2.53. The molecular weight excluding hydrogens is 338 g/mol. The number of aryl methyl sites for hydroxylation is 1. The van der Waals surface area contributed by atoms with Crippen LogP contribution in [0, 0.1) is 6.92 Å². The van der Waals surface area contributed by atoms with Crippen molar-refractivity contribution in [2.75, 3.05) is 5.32 Å². The molecule has 132 valence electrons. The van der Waals surface area contributed by atoms with Crippen LogP contribution in [-0.4, -0.2) is 17.5 Å². The molecule has 0 saturated carbocycles. The van der Waals surface area contributed by atoms with Crippen LogP contribution in [0.15, 0.2) is 66.7 Å². The number of halogens is 2. The molecule has 0 spiro atoms. The number of para-hydroxylation sites is 2. The lowest BCUT2D eigenvalue weighted by Gasteiger charge is -2.13. The summed E-state index contributed by atoms with van der Waals surface area (Å²) in [6.45, 7) is -1.25. The zero-order chi connectivity index (χ0) is 18.5. The van der Waals surface area contributed by atoms with Crippen molar-refractivity contribution in [1.29, 1.82) is 0 Å². The van der Waals surface area contributed by atoms with Crippen LogP contribution in [0.25, 0.3) is 11.3 Å². The normalized spacial score (nSPS) is 10.6. The number of amides is 1. The number of nitrogens with one attached hydrogen (secondary N) is 1. The van der Waals surface area contributed by atoms with E-state index in [2.05, 4.69) is 15.0 Å². The monoisotopic (exact) mass is 354 g/mol. The third kappa shape index (κ3) is 4.03. The van der Waals surface area contributed by atoms with Crippen molar-refractivity contribution >= 4 is 11.6 Å². The highest BCUT2D eigenvalue weighted by atomic mass is 19.3. The summed E-state index contributed by atoms with van der Waals surface area (Å²) in [7, 11) is 0. The number of carbonyl (C=O) groups is 1. The number of alkyl halides is 2. The topological polar surface area (TPSA) is 51.2 Å². The molecule has 0 aliphatic rings. The maximum Gasteiger partial charge on any atom is 0.387 e. The highest BCUT2D eigenvalue weighted by Crippen LogP contribution is 2.26. The molecule has 0 atom stereocenters. The fourth-order valence-corrected chi connectivity index (χ4v) is 2.53. The van der Waals surface area contributed by atoms with Gasteiger partial charge >= 0.3 is 6.61 Å². The molecule has 0 unspecified atom stereocenters. The Balaban J connectivity index is 1.83. The summed E-state index contributed by atoms with van der Waals surface area (Å²) in [6.07, 6.45) is 0. The summed E-state index contributed by atoms with van der Waals surface area (Å²) in [4.78, 5) is 17.0. The number of benzene rings is 2. The van der Waals surface area contributed by atoms with Crippen molar-refractivity contribution in [3.05, 3.63) is 78.0 Å². The summed E-state index contributed by atoms with van der Waals surface area (Å²) >= 11 is 0. The highest BCUT2D eigenvalue weighted by Gasteiger charge is 2.15. The van der Waals surface area contributed by atoms with E-state index < -0.39 is 12.5 Å². The summed E-state index contributed by atoms with van der Waals surface area (Å²) in [6, 6.07) is 19.0. The smallest absolute Gasteiger partial charge is 0.387 e. The number of rotatable bonds is 5. The van der Waals surface area contributed by atoms with Gasteiger partial charge in [-0.2, -0.15) is 8.78 Å². The first-order valence-corrected chi connectivity index (χ1v) is 7.93. The van der Waals surface area contributed by atoms with Gasteiger partial charge in [0.1, 0.15) is 5.75 Å². The van der Waals surface area contributed by atoms with Crippen LogP contribution >= 0.6 is 0 Å². The Morgan fingerprint density at radius 2 is 1.69 bits per heavy atom. The molecule has 3 aromatic rings. The Hall–Kier alpha value is -3.28. The van der Waals surface area contributed by atoms with E-state index in [4.69, 9.17) is 0 Å². The van der Waals surface area contributed by atoms with Gasteiger partial charge in [-0.3, -0.25) is 9.78 Å². The minimum Gasteiger partial charge on any atom is -0.433 e. The van der Waals surface area contributed by atoms with Gasteiger partial charge in [0, 0.05) is 5.56 Å². The first kappa shape index (κ1) is 17.5. The molecule has 0 aliphatic heterocycles. The standard InChI is InChI=1S/C20H16F2N2O2/c1-13-15(11-12-16(23-13)14-7-3-2-4-8-14)19(25)24-17-9-5-6-10-18(17)26-20(21)22/h2-12,20H,1H3,(H,24,25). The number of ether oxygens (including phenoxy) is 1. The average Bonchev–Trinajstić information content (AvgIpc) is 2.63. The van der Waals surface area contributed by atoms with E-state index in [0.29, 0.717) is 11.3 Å². The molecule has 4 nitrogen and oxygen atoms in total. The van der Waals surface area contributed by atoms with Crippen molar-refractivity contribution in [2.24, 2.45) is 0 Å². The summed E-state index contributed by atoms with van der Waals surface area (Å²) in [5.74, 6) is -0.540. The number of aromatic nitrogens is 1. The molecule has 1 amide bonds. The van der Waals surface area contributed by atoms with Crippen molar-refractivity contribution in [1.82, 2.24) is 4.98 Å². The van der Waals surface area contributed by atoms with Crippen molar-refractivity contribution < 1.29 is 18.3 Å². The Kier molecular flexibility index (Phi) is 5.22. The van der Waals surface area contributed by atoms with Crippen molar-refractivity contribution in [3.8, 4) is 17.0 Å². The van der Waals surface area contributed by atoms with Crippen LogP contribution < -0.4 is 10.1 Å². The molecule has 3 rings (SSSR count). The average molecular weight is 354 g/mol. The van der Waals surface area contributed by atoms with E-state index in [0.717, 1.165) is 11.3 Å². The summed E-state index contributed by atoms with van der Waals surface area (Å²) in [5.41, 5.74) is 2.76. The van der Waals surface area contributed by atoms with Crippen LogP contribution in [0.3, 0.4) is 0 Å². The third-order valence-electron chi connectivity index (χ3n) is 3.75. The Labute approximate surface area is 149 Å². The maximum atomic E-state index is 12.5. The van der Waals surface area contributed by atoms with Gasteiger partial charge in [0.25, 0.3) is 5.91 Å². The van der Waals surface area contributed by atoms with E-state index in [9.17, 15) is 13.6 Å². The summed E-state index contributed by atoms with van der Waals surface area (Å²) in [5, 5.41) is 2.59. The van der Waals surface area contributed by atoms with Crippen LogP contribution in [0.1, 0.15) is 16.1 Å². The van der Waals surface area contributed by atoms with Gasteiger partial charge in [-0.25, -0.2) is 0 Å². The van der Waals surface area contributed by atoms with Crippen molar-refractivity contribution in [3.63, 3.8) is 0 Å². The fraction of sp³-hybridized carbons (Fsp3) is 0.100. The van der Waals surface area contributed by atoms with Gasteiger partial charge < -0.3 is 10.1 Å². The minimum atomic E-state index is -2.97. The second kappa shape index (κ2) is 7.74. The highest BCUT2D eigenvalue weighted by molar-refractivity contribution is 6.05. The molecule has 0 aliphatic carbocycles. The largest absolute Gasteiger partial charge is 0.433 e. The first-order chi connectivity index (χ1) is 12.5. The van der Waals surface area contributed by atoms with Gasteiger partial charge in [-0.05, 0) is 31.2 Å². The van der Waals surface area contributed by atoms with E-state index >= 15 is 0 Å². The molecule has 1 aromatic heterocycles. The first-order valence-electron chi connectivity index (χ1n) is 7.93. The van der Waals surface area contributed by atoms with Gasteiger partial charge in [-0.15, -0.1) is 0 Å². The molecular formula is C20H16F2N2O2. The maximum absolute atomic E-state index is 12.5. The molecule has 26 heavy (non-hydrogen) atoms. The molecule has 0 fully saturated rings. The second-order valence-electron chi connectivity index (χ2n) is 5.52. The lowest BCUT2D eigenvalue weighted by molar-refractivity contribution is -0.0493. The summed E-state index contributed by atoms with van der Waals surface area (Å²) < 4.78 is 29.4. The van der Waals surface area contributed by atoms with E-state index in [1.165, 1.54) is 12.1 Å². The predicted octanol–water partition coefficient (Wildman–Crippen LogP) is 4.91. The Morgan fingerprint density at radius 1 is 1.00 bits per heavy atom. The van der Waals surface area contributed by atoms with E-state index in [1.807, 2.05) is 30.3 Å². The van der Waals surface area contributed by atoms with Gasteiger partial charge in [0.05, 0.1) is 22.6 Å². The van der Waals surface area contributed by atoms with Crippen LogP contribution in [-0.2, 0) is 0 Å².